The van der Waals surface area contributed by atoms with Crippen LogP contribution in [0.3, 0.4) is 0 Å². The van der Waals surface area contributed by atoms with Crippen LogP contribution < -0.4 is 5.32 Å². The number of carboxylic acids is 1. The summed E-state index contributed by atoms with van der Waals surface area (Å²) in [5, 5.41) is 22.6. The molecule has 0 fully saturated rings. The first-order valence-corrected chi connectivity index (χ1v) is 5.15. The number of aliphatic carboxylic acids is 1. The Labute approximate surface area is 97.7 Å². The van der Waals surface area contributed by atoms with E-state index in [1.807, 2.05) is 0 Å². The smallest absolute Gasteiger partial charge is 0.325 e. The van der Waals surface area contributed by atoms with E-state index in [0.717, 1.165) is 5.39 Å². The predicted octanol–water partition coefficient (Wildman–Crippen LogP) is 1.83. The van der Waals surface area contributed by atoms with Gasteiger partial charge >= 0.3 is 5.97 Å². The SMILES string of the molecule is CC(Nc1nccc2ccc(O)cc12)C(=O)O. The zero-order chi connectivity index (χ0) is 12.4. The first-order valence-electron chi connectivity index (χ1n) is 5.15. The van der Waals surface area contributed by atoms with Gasteiger partial charge in [-0.1, -0.05) is 6.07 Å². The van der Waals surface area contributed by atoms with Crippen molar-refractivity contribution in [3.05, 3.63) is 30.5 Å². The summed E-state index contributed by atoms with van der Waals surface area (Å²) in [5.41, 5.74) is 0. The van der Waals surface area contributed by atoms with E-state index in [1.54, 1.807) is 30.5 Å². The second-order valence-corrected chi connectivity index (χ2v) is 3.77. The Kier molecular flexibility index (Phi) is 2.82. The quantitative estimate of drug-likeness (QED) is 0.752. The molecule has 0 aliphatic rings. The van der Waals surface area contributed by atoms with Crippen molar-refractivity contribution in [2.45, 2.75) is 13.0 Å². The summed E-state index contributed by atoms with van der Waals surface area (Å²) in [6.45, 7) is 1.53. The molecule has 0 saturated heterocycles. The molecule has 0 radical (unpaired) electrons. The van der Waals surface area contributed by atoms with Gasteiger partial charge in [0, 0.05) is 11.6 Å². The van der Waals surface area contributed by atoms with Crippen molar-refractivity contribution in [2.24, 2.45) is 0 Å². The fraction of sp³-hybridized carbons (Fsp3) is 0.167. The lowest BCUT2D eigenvalue weighted by atomic mass is 10.1. The Morgan fingerprint density at radius 3 is 2.88 bits per heavy atom. The van der Waals surface area contributed by atoms with Gasteiger partial charge in [0.1, 0.15) is 17.6 Å². The number of nitrogens with one attached hydrogen (secondary N) is 1. The molecule has 1 heterocycles. The Bertz CT molecular complexity index is 569. The van der Waals surface area contributed by atoms with E-state index >= 15 is 0 Å². The summed E-state index contributed by atoms with van der Waals surface area (Å²) in [5.74, 6) is -0.381. The van der Waals surface area contributed by atoms with E-state index in [-0.39, 0.29) is 5.75 Å². The Morgan fingerprint density at radius 1 is 1.41 bits per heavy atom. The third-order valence-corrected chi connectivity index (χ3v) is 2.47. The largest absolute Gasteiger partial charge is 0.508 e. The van der Waals surface area contributed by atoms with E-state index in [1.165, 1.54) is 6.92 Å². The van der Waals surface area contributed by atoms with Crippen LogP contribution in [0.15, 0.2) is 30.5 Å². The number of pyridine rings is 1. The molecule has 3 N–H and O–H groups in total. The van der Waals surface area contributed by atoms with Gasteiger partial charge in [0.05, 0.1) is 0 Å². The number of phenolic OH excluding ortho intramolecular Hbond substituents is 1. The molecule has 17 heavy (non-hydrogen) atoms. The molecule has 2 aromatic rings. The topological polar surface area (TPSA) is 82.5 Å². The van der Waals surface area contributed by atoms with E-state index in [2.05, 4.69) is 10.3 Å². The lowest BCUT2D eigenvalue weighted by molar-refractivity contribution is -0.137. The highest BCUT2D eigenvalue weighted by Crippen LogP contribution is 2.25. The van der Waals surface area contributed by atoms with Gasteiger partial charge in [0.2, 0.25) is 0 Å². The van der Waals surface area contributed by atoms with Gasteiger partial charge < -0.3 is 15.5 Å². The second kappa shape index (κ2) is 4.29. The predicted molar refractivity (Wildman–Crippen MR) is 64.1 cm³/mol. The highest BCUT2D eigenvalue weighted by Gasteiger charge is 2.12. The molecule has 2 rings (SSSR count). The molecule has 1 unspecified atom stereocenters. The molecule has 1 aromatic carbocycles. The lowest BCUT2D eigenvalue weighted by Gasteiger charge is -2.12. The number of carboxylic acid groups (broad SMARTS) is 1. The average Bonchev–Trinajstić information content (AvgIpc) is 2.29. The molecule has 0 aliphatic carbocycles. The summed E-state index contributed by atoms with van der Waals surface area (Å²) in [6.07, 6.45) is 1.59. The maximum atomic E-state index is 10.8. The zero-order valence-corrected chi connectivity index (χ0v) is 9.21. The first-order chi connectivity index (χ1) is 8.08. The number of aromatic nitrogens is 1. The van der Waals surface area contributed by atoms with Crippen LogP contribution in [0, 0.1) is 0 Å². The molecule has 0 amide bonds. The number of nitrogens with zero attached hydrogens (tertiary/aromatic N) is 1. The van der Waals surface area contributed by atoms with Gasteiger partial charge in [-0.3, -0.25) is 4.79 Å². The van der Waals surface area contributed by atoms with Crippen molar-refractivity contribution in [3.8, 4) is 5.75 Å². The molecule has 1 aromatic heterocycles. The maximum Gasteiger partial charge on any atom is 0.325 e. The van der Waals surface area contributed by atoms with Crippen LogP contribution in [0.1, 0.15) is 6.92 Å². The first kappa shape index (κ1) is 11.2. The summed E-state index contributed by atoms with van der Waals surface area (Å²) in [6, 6.07) is 5.94. The van der Waals surface area contributed by atoms with Crippen LogP contribution in [0.25, 0.3) is 10.8 Å². The number of hydrogen-bond donors (Lipinski definition) is 3. The van der Waals surface area contributed by atoms with Crippen molar-refractivity contribution in [1.82, 2.24) is 4.98 Å². The van der Waals surface area contributed by atoms with Crippen LogP contribution in [0.5, 0.6) is 5.75 Å². The standard InChI is InChI=1S/C12H12N2O3/c1-7(12(16)17)14-11-10-6-9(15)3-2-8(10)4-5-13-11/h2-7,15H,1H3,(H,13,14)(H,16,17). The van der Waals surface area contributed by atoms with Crippen molar-refractivity contribution in [1.29, 1.82) is 0 Å². The highest BCUT2D eigenvalue weighted by atomic mass is 16.4. The third kappa shape index (κ3) is 2.28. The van der Waals surface area contributed by atoms with Crippen LogP contribution in [-0.2, 0) is 4.79 Å². The van der Waals surface area contributed by atoms with Crippen LogP contribution >= 0.6 is 0 Å². The number of hydrogen-bond acceptors (Lipinski definition) is 4. The lowest BCUT2D eigenvalue weighted by Crippen LogP contribution is -2.25. The van der Waals surface area contributed by atoms with Crippen LogP contribution in [0.4, 0.5) is 5.82 Å². The second-order valence-electron chi connectivity index (χ2n) is 3.77. The number of aromatic hydroxyl groups is 1. The van der Waals surface area contributed by atoms with Gasteiger partial charge in [0.25, 0.3) is 0 Å². The van der Waals surface area contributed by atoms with Crippen molar-refractivity contribution >= 4 is 22.6 Å². The number of fused-ring (bicyclic) bond motifs is 1. The average molecular weight is 232 g/mol. The minimum Gasteiger partial charge on any atom is -0.508 e. The fourth-order valence-corrected chi connectivity index (χ4v) is 1.54. The van der Waals surface area contributed by atoms with E-state index < -0.39 is 12.0 Å². The molecule has 5 nitrogen and oxygen atoms in total. The number of rotatable bonds is 3. The van der Waals surface area contributed by atoms with Crippen molar-refractivity contribution in [2.75, 3.05) is 5.32 Å². The van der Waals surface area contributed by atoms with Gasteiger partial charge in [-0.15, -0.1) is 0 Å². The Hall–Kier alpha value is -2.30. The molecule has 0 bridgehead atoms. The third-order valence-electron chi connectivity index (χ3n) is 2.47. The van der Waals surface area contributed by atoms with Gasteiger partial charge in [0.15, 0.2) is 0 Å². The molecular weight excluding hydrogens is 220 g/mol. The minimum atomic E-state index is -0.955. The number of phenols is 1. The molecule has 1 atom stereocenters. The molecule has 0 saturated carbocycles. The van der Waals surface area contributed by atoms with E-state index in [0.29, 0.717) is 11.2 Å². The summed E-state index contributed by atoms with van der Waals surface area (Å²) >= 11 is 0. The number of anilines is 1. The maximum absolute atomic E-state index is 10.8. The molecule has 5 heteroatoms. The van der Waals surface area contributed by atoms with Gasteiger partial charge in [-0.25, -0.2) is 4.98 Å². The van der Waals surface area contributed by atoms with Gasteiger partial charge in [-0.05, 0) is 30.5 Å². The summed E-state index contributed by atoms with van der Waals surface area (Å²) in [7, 11) is 0. The molecule has 0 aliphatic heterocycles. The molecule has 0 spiro atoms. The van der Waals surface area contributed by atoms with Crippen molar-refractivity contribution in [3.63, 3.8) is 0 Å². The monoisotopic (exact) mass is 232 g/mol. The van der Waals surface area contributed by atoms with E-state index in [9.17, 15) is 9.90 Å². The molecular formula is C12H12N2O3. The van der Waals surface area contributed by atoms with Crippen molar-refractivity contribution < 1.29 is 15.0 Å². The Morgan fingerprint density at radius 2 is 2.18 bits per heavy atom. The molecule has 88 valence electrons. The fourth-order valence-electron chi connectivity index (χ4n) is 1.54. The van der Waals surface area contributed by atoms with E-state index in [4.69, 9.17) is 5.11 Å². The van der Waals surface area contributed by atoms with Crippen LogP contribution in [-0.4, -0.2) is 27.2 Å². The summed E-state index contributed by atoms with van der Waals surface area (Å²) < 4.78 is 0. The number of carbonyl (C=O) groups is 1. The summed E-state index contributed by atoms with van der Waals surface area (Å²) in [4.78, 5) is 14.9. The zero-order valence-electron chi connectivity index (χ0n) is 9.21. The van der Waals surface area contributed by atoms with Crippen LogP contribution in [0.2, 0.25) is 0 Å². The normalized spacial score (nSPS) is 12.3. The van der Waals surface area contributed by atoms with Gasteiger partial charge in [-0.2, -0.15) is 0 Å². The minimum absolute atomic E-state index is 0.122. The number of benzene rings is 1. The Balaban J connectivity index is 2.46. The highest BCUT2D eigenvalue weighted by molar-refractivity contribution is 5.93.